The number of hydrogen-bond donors (Lipinski definition) is 2. The van der Waals surface area contributed by atoms with Crippen molar-refractivity contribution in [2.24, 2.45) is 0 Å². The maximum absolute atomic E-state index is 13.5. The first-order valence-electron chi connectivity index (χ1n) is 7.42. The third-order valence-electron chi connectivity index (χ3n) is 3.53. The molecule has 0 aliphatic carbocycles. The predicted octanol–water partition coefficient (Wildman–Crippen LogP) is 2.71. The SMILES string of the molecule is CC(C)N(CCNCC(O)c1cc(F)ccc1F)C(C)C. The summed E-state index contributed by atoms with van der Waals surface area (Å²) in [5, 5.41) is 13.0. The van der Waals surface area contributed by atoms with Crippen LogP contribution in [-0.4, -0.2) is 41.7 Å². The summed E-state index contributed by atoms with van der Waals surface area (Å²) in [7, 11) is 0. The summed E-state index contributed by atoms with van der Waals surface area (Å²) >= 11 is 0. The molecule has 1 atom stereocenters. The lowest BCUT2D eigenvalue weighted by molar-refractivity contribution is 0.155. The standard InChI is InChI=1S/C16H26F2N2O/c1-11(2)20(12(3)4)8-7-19-10-16(21)14-9-13(17)5-6-15(14)18/h5-6,9,11-12,16,19,21H,7-8,10H2,1-4H3. The van der Waals surface area contributed by atoms with E-state index in [-0.39, 0.29) is 12.1 Å². The zero-order chi connectivity index (χ0) is 16.0. The second kappa shape index (κ2) is 8.41. The molecule has 0 aromatic heterocycles. The molecule has 0 fully saturated rings. The van der Waals surface area contributed by atoms with Crippen molar-refractivity contribution in [2.75, 3.05) is 19.6 Å². The van der Waals surface area contributed by atoms with Crippen molar-refractivity contribution in [3.63, 3.8) is 0 Å². The lowest BCUT2D eigenvalue weighted by atomic mass is 10.1. The highest BCUT2D eigenvalue weighted by molar-refractivity contribution is 5.21. The van der Waals surface area contributed by atoms with Gasteiger partial charge in [-0.15, -0.1) is 0 Å². The van der Waals surface area contributed by atoms with E-state index in [1.165, 1.54) is 0 Å². The van der Waals surface area contributed by atoms with Crippen LogP contribution in [0.2, 0.25) is 0 Å². The van der Waals surface area contributed by atoms with Gasteiger partial charge >= 0.3 is 0 Å². The van der Waals surface area contributed by atoms with E-state index < -0.39 is 17.7 Å². The minimum atomic E-state index is -1.05. The van der Waals surface area contributed by atoms with Crippen molar-refractivity contribution in [3.8, 4) is 0 Å². The lowest BCUT2D eigenvalue weighted by Crippen LogP contribution is -2.42. The highest BCUT2D eigenvalue weighted by atomic mass is 19.1. The second-order valence-electron chi connectivity index (χ2n) is 5.81. The Bertz CT molecular complexity index is 430. The summed E-state index contributed by atoms with van der Waals surface area (Å²) < 4.78 is 26.6. The molecule has 1 aromatic carbocycles. The van der Waals surface area contributed by atoms with Crippen molar-refractivity contribution in [1.82, 2.24) is 10.2 Å². The summed E-state index contributed by atoms with van der Waals surface area (Å²) in [6, 6.07) is 4.00. The number of nitrogens with zero attached hydrogens (tertiary/aromatic N) is 1. The summed E-state index contributed by atoms with van der Waals surface area (Å²) in [6.45, 7) is 10.3. The van der Waals surface area contributed by atoms with Crippen LogP contribution in [0.4, 0.5) is 8.78 Å². The molecule has 2 N–H and O–H groups in total. The van der Waals surface area contributed by atoms with Crippen LogP contribution in [0.3, 0.4) is 0 Å². The van der Waals surface area contributed by atoms with E-state index in [4.69, 9.17) is 0 Å². The molecule has 0 saturated heterocycles. The number of aliphatic hydroxyl groups is 1. The topological polar surface area (TPSA) is 35.5 Å². The van der Waals surface area contributed by atoms with Crippen LogP contribution in [0, 0.1) is 11.6 Å². The molecule has 0 aliphatic rings. The van der Waals surface area contributed by atoms with Crippen molar-refractivity contribution in [2.45, 2.75) is 45.9 Å². The van der Waals surface area contributed by atoms with Gasteiger partial charge in [-0.2, -0.15) is 0 Å². The quantitative estimate of drug-likeness (QED) is 0.725. The number of halogens is 2. The van der Waals surface area contributed by atoms with Gasteiger partial charge in [-0.1, -0.05) is 0 Å². The molecule has 120 valence electrons. The van der Waals surface area contributed by atoms with Gasteiger partial charge in [0.15, 0.2) is 0 Å². The van der Waals surface area contributed by atoms with Gasteiger partial charge in [0.05, 0.1) is 6.10 Å². The number of nitrogens with one attached hydrogen (secondary N) is 1. The van der Waals surface area contributed by atoms with Gasteiger partial charge in [0.25, 0.3) is 0 Å². The Morgan fingerprint density at radius 1 is 1.14 bits per heavy atom. The fraction of sp³-hybridized carbons (Fsp3) is 0.625. The van der Waals surface area contributed by atoms with Crippen molar-refractivity contribution < 1.29 is 13.9 Å². The molecule has 21 heavy (non-hydrogen) atoms. The van der Waals surface area contributed by atoms with E-state index in [1.807, 2.05) is 0 Å². The molecule has 1 aromatic rings. The van der Waals surface area contributed by atoms with Crippen LogP contribution >= 0.6 is 0 Å². The normalized spacial score (nSPS) is 13.4. The van der Waals surface area contributed by atoms with Crippen LogP contribution in [-0.2, 0) is 0 Å². The lowest BCUT2D eigenvalue weighted by Gasteiger charge is -2.30. The van der Waals surface area contributed by atoms with Crippen molar-refractivity contribution >= 4 is 0 Å². The number of benzene rings is 1. The molecule has 0 heterocycles. The Morgan fingerprint density at radius 3 is 2.33 bits per heavy atom. The summed E-state index contributed by atoms with van der Waals surface area (Å²) in [5.74, 6) is -1.13. The Morgan fingerprint density at radius 2 is 1.76 bits per heavy atom. The van der Waals surface area contributed by atoms with Crippen LogP contribution in [0.1, 0.15) is 39.4 Å². The molecule has 0 amide bonds. The van der Waals surface area contributed by atoms with Crippen LogP contribution < -0.4 is 5.32 Å². The van der Waals surface area contributed by atoms with E-state index in [0.717, 1.165) is 24.7 Å². The second-order valence-corrected chi connectivity index (χ2v) is 5.81. The molecule has 0 spiro atoms. The van der Waals surface area contributed by atoms with Crippen molar-refractivity contribution in [1.29, 1.82) is 0 Å². The molecular formula is C16H26F2N2O. The van der Waals surface area contributed by atoms with E-state index in [2.05, 4.69) is 37.9 Å². The van der Waals surface area contributed by atoms with E-state index in [0.29, 0.717) is 18.6 Å². The predicted molar refractivity (Wildman–Crippen MR) is 81.2 cm³/mol. The maximum Gasteiger partial charge on any atom is 0.129 e. The van der Waals surface area contributed by atoms with Crippen LogP contribution in [0.15, 0.2) is 18.2 Å². The Kier molecular flexibility index (Phi) is 7.22. The monoisotopic (exact) mass is 300 g/mol. The summed E-state index contributed by atoms with van der Waals surface area (Å²) in [6.07, 6.45) is -1.05. The van der Waals surface area contributed by atoms with Gasteiger partial charge in [-0.25, -0.2) is 8.78 Å². The van der Waals surface area contributed by atoms with Crippen molar-refractivity contribution in [3.05, 3.63) is 35.4 Å². The number of hydrogen-bond acceptors (Lipinski definition) is 3. The minimum absolute atomic E-state index is 0.00734. The molecule has 0 aliphatic heterocycles. The Balaban J connectivity index is 2.43. The Labute approximate surface area is 126 Å². The van der Waals surface area contributed by atoms with Gasteiger partial charge in [0, 0.05) is 37.3 Å². The largest absolute Gasteiger partial charge is 0.387 e. The van der Waals surface area contributed by atoms with E-state index in [9.17, 15) is 13.9 Å². The third kappa shape index (κ3) is 5.69. The minimum Gasteiger partial charge on any atom is -0.387 e. The molecule has 1 rings (SSSR count). The smallest absolute Gasteiger partial charge is 0.129 e. The highest BCUT2D eigenvalue weighted by Crippen LogP contribution is 2.17. The first-order valence-corrected chi connectivity index (χ1v) is 7.42. The first kappa shape index (κ1) is 18.0. The molecule has 5 heteroatoms. The first-order chi connectivity index (χ1) is 9.82. The average Bonchev–Trinajstić information content (AvgIpc) is 2.40. The zero-order valence-corrected chi connectivity index (χ0v) is 13.2. The van der Waals surface area contributed by atoms with Crippen LogP contribution in [0.25, 0.3) is 0 Å². The highest BCUT2D eigenvalue weighted by Gasteiger charge is 2.15. The van der Waals surface area contributed by atoms with Gasteiger partial charge in [0.1, 0.15) is 11.6 Å². The molecule has 1 unspecified atom stereocenters. The van der Waals surface area contributed by atoms with E-state index in [1.54, 1.807) is 0 Å². The average molecular weight is 300 g/mol. The summed E-state index contributed by atoms with van der Waals surface area (Å²) in [5.41, 5.74) is -0.00734. The molecule has 0 bridgehead atoms. The fourth-order valence-corrected chi connectivity index (χ4v) is 2.44. The molecule has 3 nitrogen and oxygen atoms in total. The molecule has 0 radical (unpaired) electrons. The molecule has 0 saturated carbocycles. The third-order valence-corrected chi connectivity index (χ3v) is 3.53. The van der Waals surface area contributed by atoms with Crippen LogP contribution in [0.5, 0.6) is 0 Å². The maximum atomic E-state index is 13.5. The summed E-state index contributed by atoms with van der Waals surface area (Å²) in [4.78, 5) is 2.32. The number of rotatable bonds is 8. The molecular weight excluding hydrogens is 274 g/mol. The van der Waals surface area contributed by atoms with Gasteiger partial charge in [-0.3, -0.25) is 4.90 Å². The van der Waals surface area contributed by atoms with Gasteiger partial charge < -0.3 is 10.4 Å². The fourth-order valence-electron chi connectivity index (χ4n) is 2.44. The zero-order valence-electron chi connectivity index (χ0n) is 13.2. The van der Waals surface area contributed by atoms with Gasteiger partial charge in [-0.05, 0) is 45.9 Å². The van der Waals surface area contributed by atoms with Gasteiger partial charge in [0.2, 0.25) is 0 Å². The number of aliphatic hydroxyl groups excluding tert-OH is 1. The Hall–Kier alpha value is -1.04. The van der Waals surface area contributed by atoms with E-state index >= 15 is 0 Å².